The summed E-state index contributed by atoms with van der Waals surface area (Å²) in [6, 6.07) is 7.56. The van der Waals surface area contributed by atoms with Gasteiger partial charge in [0.1, 0.15) is 0 Å². The molecule has 1 unspecified atom stereocenters. The molecule has 1 aromatic rings. The zero-order chi connectivity index (χ0) is 18.2. The molecule has 2 saturated heterocycles. The van der Waals surface area contributed by atoms with Crippen molar-refractivity contribution in [2.75, 3.05) is 44.7 Å². The van der Waals surface area contributed by atoms with Crippen LogP contribution in [0.4, 0.5) is 5.69 Å². The van der Waals surface area contributed by atoms with Crippen molar-refractivity contribution in [3.63, 3.8) is 0 Å². The number of nitrogens with one attached hydrogen (secondary N) is 3. The largest absolute Gasteiger partial charge is 0.379 e. The molecule has 3 rings (SSSR count). The van der Waals surface area contributed by atoms with Crippen LogP contribution in [0.3, 0.4) is 0 Å². The summed E-state index contributed by atoms with van der Waals surface area (Å²) in [6.45, 7) is 5.38. The lowest BCUT2D eigenvalue weighted by molar-refractivity contribution is -0.123. The molecule has 8 heteroatoms. The van der Waals surface area contributed by atoms with Gasteiger partial charge >= 0.3 is 0 Å². The number of rotatable bonds is 7. The molecule has 0 saturated carbocycles. The van der Waals surface area contributed by atoms with Crippen LogP contribution in [-0.2, 0) is 20.9 Å². The normalized spacial score (nSPS) is 19.9. The predicted octanol–water partition coefficient (Wildman–Crippen LogP) is 1.14. The maximum absolute atomic E-state index is 12.2. The maximum Gasteiger partial charge on any atom is 0.237 e. The molecule has 2 fully saturated rings. The molecule has 150 valence electrons. The second-order valence-electron chi connectivity index (χ2n) is 6.82. The quantitative estimate of drug-likeness (QED) is 0.643. The van der Waals surface area contributed by atoms with Crippen LogP contribution in [0.5, 0.6) is 0 Å². The summed E-state index contributed by atoms with van der Waals surface area (Å²) in [4.78, 5) is 26.5. The van der Waals surface area contributed by atoms with Crippen molar-refractivity contribution in [3.8, 4) is 0 Å². The van der Waals surface area contributed by atoms with Crippen LogP contribution in [0.25, 0.3) is 0 Å². The Hall–Kier alpha value is -1.67. The Balaban J connectivity index is 0.00000261. The summed E-state index contributed by atoms with van der Waals surface area (Å²) < 4.78 is 5.31. The molecule has 7 nitrogen and oxygen atoms in total. The number of amides is 2. The lowest BCUT2D eigenvalue weighted by Gasteiger charge is -2.26. The minimum Gasteiger partial charge on any atom is -0.379 e. The molecule has 0 bridgehead atoms. The molecule has 0 radical (unpaired) electrons. The van der Waals surface area contributed by atoms with E-state index in [1.807, 2.05) is 24.3 Å². The van der Waals surface area contributed by atoms with Gasteiger partial charge in [0.2, 0.25) is 11.8 Å². The summed E-state index contributed by atoms with van der Waals surface area (Å²) in [6.07, 6.45) is 2.41. The molecule has 2 amide bonds. The lowest BCUT2D eigenvalue weighted by Crippen LogP contribution is -2.40. The van der Waals surface area contributed by atoms with Crippen LogP contribution in [0.2, 0.25) is 0 Å². The van der Waals surface area contributed by atoms with E-state index in [2.05, 4.69) is 20.9 Å². The number of halogens is 1. The third-order valence-electron chi connectivity index (χ3n) is 4.81. The summed E-state index contributed by atoms with van der Waals surface area (Å²) >= 11 is 0. The highest BCUT2D eigenvalue weighted by Crippen LogP contribution is 2.12. The minimum absolute atomic E-state index is 0. The van der Waals surface area contributed by atoms with Crippen LogP contribution in [0.1, 0.15) is 24.8 Å². The van der Waals surface area contributed by atoms with Gasteiger partial charge < -0.3 is 20.7 Å². The Labute approximate surface area is 166 Å². The number of benzene rings is 1. The lowest BCUT2D eigenvalue weighted by atomic mass is 10.1. The summed E-state index contributed by atoms with van der Waals surface area (Å²) in [5.74, 6) is 0.0512. The third kappa shape index (κ3) is 7.10. The molecule has 0 aliphatic carbocycles. The number of nitrogens with zero attached hydrogens (tertiary/aromatic N) is 1. The first-order chi connectivity index (χ1) is 12.7. The fourth-order valence-corrected chi connectivity index (χ4v) is 3.29. The van der Waals surface area contributed by atoms with Crippen molar-refractivity contribution in [2.45, 2.75) is 31.8 Å². The second-order valence-corrected chi connectivity index (χ2v) is 6.82. The van der Waals surface area contributed by atoms with Gasteiger partial charge in [0.25, 0.3) is 0 Å². The molecule has 1 aromatic carbocycles. The molecule has 2 aliphatic heterocycles. The monoisotopic (exact) mass is 396 g/mol. The van der Waals surface area contributed by atoms with Crippen LogP contribution in [0.15, 0.2) is 24.3 Å². The van der Waals surface area contributed by atoms with E-state index in [-0.39, 0.29) is 30.3 Å². The van der Waals surface area contributed by atoms with Crippen LogP contribution >= 0.6 is 12.4 Å². The van der Waals surface area contributed by atoms with Crippen molar-refractivity contribution in [1.29, 1.82) is 0 Å². The molecular formula is C19H29ClN4O3. The van der Waals surface area contributed by atoms with E-state index in [1.165, 1.54) is 0 Å². The van der Waals surface area contributed by atoms with Crippen molar-refractivity contribution >= 4 is 29.9 Å². The number of carbonyl (C=O) groups excluding carboxylic acids is 2. The molecule has 0 aromatic heterocycles. The molecule has 3 N–H and O–H groups in total. The minimum atomic E-state index is -0.0712. The predicted molar refractivity (Wildman–Crippen MR) is 107 cm³/mol. The Bertz CT molecular complexity index is 617. The molecule has 2 heterocycles. The van der Waals surface area contributed by atoms with Crippen LogP contribution < -0.4 is 16.0 Å². The van der Waals surface area contributed by atoms with Gasteiger partial charge in [-0.25, -0.2) is 0 Å². The van der Waals surface area contributed by atoms with E-state index in [9.17, 15) is 9.59 Å². The standard InChI is InChI=1S/C19H28N4O3.ClH/c24-18(6-8-23-9-11-26-12-10-23)22-16-4-1-3-15(13-16)14-21-19(25)17-5-2-7-20-17;/h1,3-4,13,17,20H,2,5-12,14H2,(H,21,25)(H,22,24);1H. The molecule has 1 atom stereocenters. The average molecular weight is 397 g/mol. The van der Waals surface area contributed by atoms with Crippen LogP contribution in [0, 0.1) is 0 Å². The number of hydrogen-bond acceptors (Lipinski definition) is 5. The molecule has 0 spiro atoms. The van der Waals surface area contributed by atoms with Gasteiger partial charge in [-0.2, -0.15) is 0 Å². The van der Waals surface area contributed by atoms with Crippen molar-refractivity contribution in [2.24, 2.45) is 0 Å². The van der Waals surface area contributed by atoms with E-state index in [1.54, 1.807) is 0 Å². The topological polar surface area (TPSA) is 82.7 Å². The van der Waals surface area contributed by atoms with Crippen LogP contribution in [-0.4, -0.2) is 62.1 Å². The van der Waals surface area contributed by atoms with Gasteiger partial charge in [-0.05, 0) is 37.1 Å². The van der Waals surface area contributed by atoms with Gasteiger partial charge in [-0.15, -0.1) is 12.4 Å². The Kier molecular flexibility index (Phi) is 9.00. The first kappa shape index (κ1) is 21.6. The first-order valence-electron chi connectivity index (χ1n) is 9.41. The summed E-state index contributed by atoms with van der Waals surface area (Å²) in [5.41, 5.74) is 1.74. The van der Waals surface area contributed by atoms with Gasteiger partial charge in [0.05, 0.1) is 19.3 Å². The molecule has 27 heavy (non-hydrogen) atoms. The third-order valence-corrected chi connectivity index (χ3v) is 4.81. The summed E-state index contributed by atoms with van der Waals surface area (Å²) in [5, 5.41) is 9.09. The zero-order valence-corrected chi connectivity index (χ0v) is 16.4. The van der Waals surface area contributed by atoms with E-state index in [0.717, 1.165) is 63.5 Å². The van der Waals surface area contributed by atoms with Crippen molar-refractivity contribution in [1.82, 2.24) is 15.5 Å². The SMILES string of the molecule is Cl.O=C(CCN1CCOCC1)Nc1cccc(CNC(=O)C2CCCN2)c1. The fraction of sp³-hybridized carbons (Fsp3) is 0.579. The Morgan fingerprint density at radius 1 is 1.26 bits per heavy atom. The van der Waals surface area contributed by atoms with E-state index >= 15 is 0 Å². The zero-order valence-electron chi connectivity index (χ0n) is 15.5. The maximum atomic E-state index is 12.2. The number of carbonyl (C=O) groups is 2. The number of anilines is 1. The number of hydrogen-bond donors (Lipinski definition) is 3. The van der Waals surface area contributed by atoms with Gasteiger partial charge in [-0.1, -0.05) is 12.1 Å². The number of morpholine rings is 1. The summed E-state index contributed by atoms with van der Waals surface area (Å²) in [7, 11) is 0. The second kappa shape index (κ2) is 11.2. The van der Waals surface area contributed by atoms with Gasteiger partial charge in [-0.3, -0.25) is 14.5 Å². The highest BCUT2D eigenvalue weighted by molar-refractivity contribution is 5.90. The smallest absolute Gasteiger partial charge is 0.237 e. The highest BCUT2D eigenvalue weighted by Gasteiger charge is 2.21. The van der Waals surface area contributed by atoms with Gasteiger partial charge in [0.15, 0.2) is 0 Å². The Morgan fingerprint density at radius 2 is 2.07 bits per heavy atom. The fourth-order valence-electron chi connectivity index (χ4n) is 3.29. The number of ether oxygens (including phenoxy) is 1. The molecular weight excluding hydrogens is 368 g/mol. The van der Waals surface area contributed by atoms with Gasteiger partial charge in [0, 0.05) is 38.3 Å². The average Bonchev–Trinajstić information content (AvgIpc) is 3.20. The van der Waals surface area contributed by atoms with E-state index in [0.29, 0.717) is 13.0 Å². The van der Waals surface area contributed by atoms with Crippen molar-refractivity contribution < 1.29 is 14.3 Å². The Morgan fingerprint density at radius 3 is 2.81 bits per heavy atom. The highest BCUT2D eigenvalue weighted by atomic mass is 35.5. The first-order valence-corrected chi connectivity index (χ1v) is 9.41. The van der Waals surface area contributed by atoms with E-state index < -0.39 is 0 Å². The van der Waals surface area contributed by atoms with Crippen molar-refractivity contribution in [3.05, 3.63) is 29.8 Å². The van der Waals surface area contributed by atoms with E-state index in [4.69, 9.17) is 4.74 Å². The molecule has 2 aliphatic rings.